The number of urea groups is 2. The number of para-hydroxylation sites is 2. The Kier molecular flexibility index (Phi) is 10.9. The highest BCUT2D eigenvalue weighted by molar-refractivity contribution is 9.10. The van der Waals surface area contributed by atoms with Crippen LogP contribution in [-0.4, -0.2) is 26.3 Å². The van der Waals surface area contributed by atoms with E-state index in [2.05, 4.69) is 26.6 Å². The summed E-state index contributed by atoms with van der Waals surface area (Å²) in [6, 6.07) is 24.5. The van der Waals surface area contributed by atoms with Gasteiger partial charge in [0.2, 0.25) is 0 Å². The number of nitrogens with zero attached hydrogens (tertiary/aromatic N) is 2. The Morgan fingerprint density at radius 1 is 0.580 bits per heavy atom. The van der Waals surface area contributed by atoms with Crippen molar-refractivity contribution < 1.29 is 19.1 Å². The third kappa shape index (κ3) is 6.91. The number of nitrogens with one attached hydrogen (secondary N) is 2. The van der Waals surface area contributed by atoms with E-state index >= 15 is 0 Å². The van der Waals surface area contributed by atoms with Crippen LogP contribution in [0.1, 0.15) is 11.1 Å². The molecule has 5 aromatic carbocycles. The molecule has 2 aliphatic heterocycles. The maximum absolute atomic E-state index is 12.8. The van der Waals surface area contributed by atoms with Crippen LogP contribution in [0, 0.1) is 0 Å². The average Bonchev–Trinajstić information content (AvgIpc) is 3.09. The molecule has 4 amide bonds. The lowest BCUT2D eigenvalue weighted by Crippen LogP contribution is -2.41. The van der Waals surface area contributed by atoms with Crippen molar-refractivity contribution in [2.75, 3.05) is 24.0 Å². The van der Waals surface area contributed by atoms with E-state index in [1.807, 2.05) is 36.4 Å². The van der Waals surface area contributed by atoms with Crippen LogP contribution in [0.5, 0.6) is 11.5 Å². The Morgan fingerprint density at radius 3 is 1.52 bits per heavy atom. The van der Waals surface area contributed by atoms with Gasteiger partial charge in [0.1, 0.15) is 11.5 Å². The molecule has 8 nitrogen and oxygen atoms in total. The molecule has 2 aliphatic rings. The van der Waals surface area contributed by atoms with E-state index in [0.29, 0.717) is 72.5 Å². The van der Waals surface area contributed by atoms with Gasteiger partial charge < -0.3 is 20.1 Å². The van der Waals surface area contributed by atoms with Crippen molar-refractivity contribution in [3.8, 4) is 22.6 Å². The molecule has 2 heterocycles. The summed E-state index contributed by atoms with van der Waals surface area (Å²) in [6.45, 7) is 0.759. The number of hydrogen-bond donors (Lipinski definition) is 2. The van der Waals surface area contributed by atoms with Crippen molar-refractivity contribution in [2.24, 2.45) is 0 Å². The smallest absolute Gasteiger partial charge is 0.326 e. The van der Waals surface area contributed by atoms with Gasteiger partial charge >= 0.3 is 12.1 Å². The van der Waals surface area contributed by atoms with Crippen LogP contribution in [0.3, 0.4) is 0 Å². The number of carbonyl (C=O) groups is 2. The monoisotopic (exact) mass is 832 g/mol. The van der Waals surface area contributed by atoms with Crippen LogP contribution in [-0.2, 0) is 13.1 Å². The molecule has 0 fully saturated rings. The minimum Gasteiger partial charge on any atom is -0.497 e. The highest BCUT2D eigenvalue weighted by atomic mass is 79.9. The summed E-state index contributed by atoms with van der Waals surface area (Å²) in [5.74, 6) is 1.23. The van der Waals surface area contributed by atoms with E-state index in [9.17, 15) is 9.59 Å². The second-order valence-corrected chi connectivity index (χ2v) is 13.8. The molecule has 50 heavy (non-hydrogen) atoms. The number of methoxy groups -OCH3 is 2. The molecule has 0 radical (unpaired) electrons. The van der Waals surface area contributed by atoms with Gasteiger partial charge in [0.25, 0.3) is 0 Å². The number of halogens is 6. The van der Waals surface area contributed by atoms with E-state index in [1.54, 1.807) is 62.8 Å². The average molecular weight is 836 g/mol. The predicted octanol–water partition coefficient (Wildman–Crippen LogP) is 11.8. The van der Waals surface area contributed by atoms with E-state index in [0.717, 1.165) is 26.7 Å². The van der Waals surface area contributed by atoms with Crippen LogP contribution in [0.2, 0.25) is 25.1 Å². The summed E-state index contributed by atoms with van der Waals surface area (Å²) < 4.78 is 11.6. The summed E-state index contributed by atoms with van der Waals surface area (Å²) >= 11 is 35.3. The lowest BCUT2D eigenvalue weighted by atomic mass is 9.95. The normalized spacial score (nSPS) is 13.4. The Bertz CT molecular complexity index is 2110. The SMILES string of the molecule is COc1cc(-c2ccccc2Cl)c2c(c1)N(c1c(Cl)cccc1Cl)C(=O)NC2.COc1cc(Br)c2c(c1)N(c1c(Cl)cccc1Cl)C(=O)NC2. The second kappa shape index (κ2) is 15.2. The summed E-state index contributed by atoms with van der Waals surface area (Å²) in [4.78, 5) is 28.2. The topological polar surface area (TPSA) is 83.1 Å². The number of carbonyl (C=O) groups excluding carboxylic acids is 2. The van der Waals surface area contributed by atoms with Crippen LogP contribution >= 0.6 is 73.9 Å². The van der Waals surface area contributed by atoms with Crippen molar-refractivity contribution in [1.29, 1.82) is 0 Å². The van der Waals surface area contributed by atoms with E-state index < -0.39 is 0 Å². The first kappa shape index (κ1) is 36.0. The molecule has 5 aromatic rings. The zero-order chi connectivity index (χ0) is 35.7. The molecule has 14 heteroatoms. The van der Waals surface area contributed by atoms with Gasteiger partial charge in [-0.05, 0) is 48.0 Å². The van der Waals surface area contributed by atoms with Crippen molar-refractivity contribution >= 4 is 109 Å². The molecule has 0 bridgehead atoms. The maximum Gasteiger partial charge on any atom is 0.326 e. The third-order valence-electron chi connectivity index (χ3n) is 8.02. The first-order valence-corrected chi connectivity index (χ1v) is 17.6. The van der Waals surface area contributed by atoms with Gasteiger partial charge in [-0.3, -0.25) is 9.80 Å². The number of fused-ring (bicyclic) bond motifs is 2. The van der Waals surface area contributed by atoms with Gasteiger partial charge in [-0.25, -0.2) is 9.59 Å². The molecule has 0 aromatic heterocycles. The van der Waals surface area contributed by atoms with Crippen molar-refractivity contribution in [2.45, 2.75) is 13.1 Å². The Hall–Kier alpha value is -3.83. The van der Waals surface area contributed by atoms with Crippen molar-refractivity contribution in [3.05, 3.63) is 126 Å². The molecular weight excluding hydrogens is 810 g/mol. The Balaban J connectivity index is 0.000000178. The molecule has 0 spiro atoms. The predicted molar refractivity (Wildman–Crippen MR) is 206 cm³/mol. The number of benzene rings is 5. The van der Waals surface area contributed by atoms with Crippen LogP contribution in [0.25, 0.3) is 11.1 Å². The van der Waals surface area contributed by atoms with E-state index in [-0.39, 0.29) is 12.1 Å². The standard InChI is InChI=1S/C21H15Cl3N2O2.C15H11BrCl2N2O2/c1-28-12-9-14(13-5-2-3-6-16(13)22)15-11-25-21(27)26(19(15)10-12)20-17(23)7-4-8-18(20)24;1-22-8-5-10(16)9-7-19-15(21)20(13(9)6-8)14-11(17)3-2-4-12(14)18/h2-10H,11H2,1H3,(H,25,27);2-6H,7H2,1H3,(H,19,21). The molecule has 7 rings (SSSR count). The highest BCUT2D eigenvalue weighted by Crippen LogP contribution is 2.46. The van der Waals surface area contributed by atoms with E-state index in [4.69, 9.17) is 67.5 Å². The van der Waals surface area contributed by atoms with Gasteiger partial charge in [0, 0.05) is 51.4 Å². The number of anilines is 4. The van der Waals surface area contributed by atoms with E-state index in [1.165, 1.54) is 9.80 Å². The zero-order valence-electron chi connectivity index (χ0n) is 26.3. The molecule has 0 unspecified atom stereocenters. The Labute approximate surface area is 321 Å². The summed E-state index contributed by atoms with van der Waals surface area (Å²) in [5.41, 5.74) is 5.74. The van der Waals surface area contributed by atoms with Crippen LogP contribution < -0.4 is 29.9 Å². The molecule has 0 atom stereocenters. The second-order valence-electron chi connectivity index (χ2n) is 10.9. The third-order valence-corrected chi connectivity index (χ3v) is 10.3. The number of rotatable bonds is 5. The fourth-order valence-electron chi connectivity index (χ4n) is 5.70. The molecule has 2 N–H and O–H groups in total. The summed E-state index contributed by atoms with van der Waals surface area (Å²) in [6.07, 6.45) is 0. The minimum absolute atomic E-state index is 0.289. The number of amides is 4. The lowest BCUT2D eigenvalue weighted by Gasteiger charge is -2.33. The molecule has 0 saturated carbocycles. The fraction of sp³-hybridized carbons (Fsp3) is 0.111. The molecule has 0 saturated heterocycles. The molecule has 0 aliphatic carbocycles. The van der Waals surface area contributed by atoms with Crippen molar-refractivity contribution in [1.82, 2.24) is 10.6 Å². The van der Waals surface area contributed by atoms with Gasteiger partial charge in [0.05, 0.1) is 57.1 Å². The number of ether oxygens (including phenoxy) is 2. The van der Waals surface area contributed by atoms with Gasteiger partial charge in [-0.2, -0.15) is 0 Å². The fourth-order valence-corrected chi connectivity index (χ4v) is 7.64. The van der Waals surface area contributed by atoms with Crippen LogP contribution in [0.4, 0.5) is 32.3 Å². The Morgan fingerprint density at radius 2 is 1.02 bits per heavy atom. The lowest BCUT2D eigenvalue weighted by molar-refractivity contribution is 0.246. The number of hydrogen-bond acceptors (Lipinski definition) is 4. The summed E-state index contributed by atoms with van der Waals surface area (Å²) in [7, 11) is 3.15. The van der Waals surface area contributed by atoms with Crippen molar-refractivity contribution in [3.63, 3.8) is 0 Å². The summed E-state index contributed by atoms with van der Waals surface area (Å²) in [5, 5.41) is 7.86. The first-order chi connectivity index (χ1) is 24.0. The molecule has 256 valence electrons. The van der Waals surface area contributed by atoms with Gasteiger partial charge in [0.15, 0.2) is 0 Å². The highest BCUT2D eigenvalue weighted by Gasteiger charge is 2.32. The zero-order valence-corrected chi connectivity index (χ0v) is 31.7. The first-order valence-electron chi connectivity index (χ1n) is 14.9. The largest absolute Gasteiger partial charge is 0.497 e. The quantitative estimate of drug-likeness (QED) is 0.185. The van der Waals surface area contributed by atoms with Gasteiger partial charge in [-0.1, -0.05) is 104 Å². The minimum atomic E-state index is -0.319. The molecular formula is C36H26BrCl5N4O4. The van der Waals surface area contributed by atoms with Gasteiger partial charge in [-0.15, -0.1) is 0 Å². The maximum atomic E-state index is 12.8. The van der Waals surface area contributed by atoms with Crippen LogP contribution in [0.15, 0.2) is 89.4 Å².